The Morgan fingerprint density at radius 3 is 2.69 bits per heavy atom. The van der Waals surface area contributed by atoms with Crippen molar-refractivity contribution in [2.75, 3.05) is 37.6 Å². The molecule has 0 atom stereocenters. The topological polar surface area (TPSA) is 65.1 Å². The molecule has 6 heteroatoms. The molecular weight excluding hydrogens is 326 g/mol. The van der Waals surface area contributed by atoms with Crippen LogP contribution in [-0.2, 0) is 0 Å². The predicted octanol–water partition coefficient (Wildman–Crippen LogP) is 2.58. The third-order valence-electron chi connectivity index (χ3n) is 5.03. The van der Waals surface area contributed by atoms with E-state index in [0.29, 0.717) is 6.54 Å². The first-order valence-corrected chi connectivity index (χ1v) is 8.97. The lowest BCUT2D eigenvalue weighted by Crippen LogP contribution is -2.48. The summed E-state index contributed by atoms with van der Waals surface area (Å²) in [5.74, 6) is 1.09. The third kappa shape index (κ3) is 3.20. The van der Waals surface area contributed by atoms with Gasteiger partial charge in [-0.3, -0.25) is 14.7 Å². The first-order valence-electron chi connectivity index (χ1n) is 8.97. The summed E-state index contributed by atoms with van der Waals surface area (Å²) in [6, 6.07) is 6.21. The zero-order valence-corrected chi connectivity index (χ0v) is 15.2. The van der Waals surface area contributed by atoms with Gasteiger partial charge in [-0.05, 0) is 25.5 Å². The highest BCUT2D eigenvalue weighted by Crippen LogP contribution is 2.24. The van der Waals surface area contributed by atoms with Gasteiger partial charge in [-0.25, -0.2) is 4.98 Å². The van der Waals surface area contributed by atoms with E-state index in [-0.39, 0.29) is 5.78 Å². The molecule has 3 aromatic rings. The van der Waals surface area contributed by atoms with Crippen molar-refractivity contribution < 1.29 is 4.79 Å². The number of carbonyl (C=O) groups is 1. The number of carbonyl (C=O) groups excluding carboxylic acids is 1. The van der Waals surface area contributed by atoms with Crippen molar-refractivity contribution in [3.63, 3.8) is 0 Å². The number of hydrogen-bond donors (Lipinski definition) is 1. The molecule has 1 fully saturated rings. The van der Waals surface area contributed by atoms with Gasteiger partial charge in [-0.15, -0.1) is 0 Å². The fourth-order valence-electron chi connectivity index (χ4n) is 3.68. The first kappa shape index (κ1) is 16.7. The fraction of sp³-hybridized carbons (Fsp3) is 0.350. The quantitative estimate of drug-likeness (QED) is 0.734. The number of rotatable bonds is 4. The number of Topliss-reactive ketones (excluding diaryl/α,β-unsaturated/α-hetero) is 1. The molecule has 1 aromatic carbocycles. The molecule has 1 N–H and O–H groups in total. The third-order valence-corrected chi connectivity index (χ3v) is 5.03. The maximum absolute atomic E-state index is 12.9. The summed E-state index contributed by atoms with van der Waals surface area (Å²) < 4.78 is 0. The van der Waals surface area contributed by atoms with Crippen molar-refractivity contribution in [2.24, 2.45) is 0 Å². The number of piperazine rings is 1. The Bertz CT molecular complexity index is 926. The van der Waals surface area contributed by atoms with Gasteiger partial charge >= 0.3 is 0 Å². The lowest BCUT2D eigenvalue weighted by Gasteiger charge is -2.34. The number of anilines is 1. The second-order valence-electron chi connectivity index (χ2n) is 6.92. The number of aromatic nitrogens is 3. The van der Waals surface area contributed by atoms with Crippen molar-refractivity contribution in [1.29, 1.82) is 0 Å². The second kappa shape index (κ2) is 6.88. The molecule has 4 rings (SSSR count). The van der Waals surface area contributed by atoms with Gasteiger partial charge in [0.2, 0.25) is 0 Å². The Morgan fingerprint density at radius 1 is 1.15 bits per heavy atom. The minimum Gasteiger partial charge on any atom is -0.358 e. The number of nitrogens with one attached hydrogen (secondary N) is 1. The van der Waals surface area contributed by atoms with Crippen molar-refractivity contribution in [3.8, 4) is 0 Å². The molecule has 0 bridgehead atoms. The highest BCUT2D eigenvalue weighted by Gasteiger charge is 2.23. The molecular formula is C20H23N5O. The molecule has 3 heterocycles. The molecule has 1 saturated heterocycles. The van der Waals surface area contributed by atoms with Gasteiger partial charge in [0.05, 0.1) is 12.7 Å². The number of nitrogens with zero attached hydrogens (tertiary/aromatic N) is 4. The van der Waals surface area contributed by atoms with E-state index in [9.17, 15) is 4.79 Å². The first-order chi connectivity index (χ1) is 12.6. The monoisotopic (exact) mass is 349 g/mol. The maximum Gasteiger partial charge on any atom is 0.179 e. The summed E-state index contributed by atoms with van der Waals surface area (Å²) in [5.41, 5.74) is 4.02. The minimum atomic E-state index is 0.186. The van der Waals surface area contributed by atoms with E-state index in [0.717, 1.165) is 54.2 Å². The molecule has 0 aliphatic carbocycles. The average molecular weight is 349 g/mol. The fourth-order valence-corrected chi connectivity index (χ4v) is 3.68. The summed E-state index contributed by atoms with van der Waals surface area (Å²) in [6.45, 7) is 7.92. The van der Waals surface area contributed by atoms with Crippen LogP contribution in [0.4, 0.5) is 5.82 Å². The number of aromatic amines is 1. The van der Waals surface area contributed by atoms with Crippen LogP contribution in [0, 0.1) is 13.8 Å². The molecule has 0 spiro atoms. The summed E-state index contributed by atoms with van der Waals surface area (Å²) in [7, 11) is 0. The number of hydrogen-bond acceptors (Lipinski definition) is 5. The number of ketones is 1. The van der Waals surface area contributed by atoms with E-state index in [4.69, 9.17) is 0 Å². The van der Waals surface area contributed by atoms with E-state index >= 15 is 0 Å². The van der Waals surface area contributed by atoms with Gasteiger partial charge in [0.1, 0.15) is 5.82 Å². The van der Waals surface area contributed by atoms with Crippen molar-refractivity contribution >= 4 is 22.5 Å². The Kier molecular flexibility index (Phi) is 4.42. The van der Waals surface area contributed by atoms with Crippen molar-refractivity contribution in [1.82, 2.24) is 19.9 Å². The molecule has 1 aliphatic heterocycles. The largest absolute Gasteiger partial charge is 0.358 e. The van der Waals surface area contributed by atoms with Gasteiger partial charge in [-0.1, -0.05) is 12.1 Å². The van der Waals surface area contributed by atoms with Gasteiger partial charge in [0, 0.05) is 60.7 Å². The summed E-state index contributed by atoms with van der Waals surface area (Å²) in [4.78, 5) is 29.2. The predicted molar refractivity (Wildman–Crippen MR) is 103 cm³/mol. The number of H-pyrrole nitrogens is 1. The van der Waals surface area contributed by atoms with E-state index in [2.05, 4.69) is 43.8 Å². The van der Waals surface area contributed by atoms with Gasteiger partial charge < -0.3 is 9.88 Å². The summed E-state index contributed by atoms with van der Waals surface area (Å²) in [6.07, 6.45) is 5.19. The van der Waals surface area contributed by atoms with E-state index in [1.807, 2.05) is 13.0 Å². The summed E-state index contributed by atoms with van der Waals surface area (Å²) >= 11 is 0. The zero-order valence-electron chi connectivity index (χ0n) is 15.2. The standard InChI is InChI=1S/C20H23N5O/c1-14-3-4-16-17(11-14)23-15(2)20(16)18(26)13-24-7-9-25(10-8-24)19-12-21-5-6-22-19/h3-6,11-12,23H,7-10,13H2,1-2H3. The van der Waals surface area contributed by atoms with Crippen LogP contribution in [0.25, 0.3) is 10.9 Å². The molecule has 0 amide bonds. The normalized spacial score (nSPS) is 15.5. The number of aryl methyl sites for hydroxylation is 2. The molecule has 2 aromatic heterocycles. The smallest absolute Gasteiger partial charge is 0.179 e. The van der Waals surface area contributed by atoms with E-state index in [1.165, 1.54) is 5.56 Å². The Morgan fingerprint density at radius 2 is 1.96 bits per heavy atom. The van der Waals surface area contributed by atoms with Crippen LogP contribution < -0.4 is 4.90 Å². The maximum atomic E-state index is 12.9. The van der Waals surface area contributed by atoms with Gasteiger partial charge in [0.25, 0.3) is 0 Å². The SMILES string of the molecule is Cc1ccc2c(C(=O)CN3CCN(c4cnccn4)CC3)c(C)[nH]c2c1. The number of benzene rings is 1. The van der Waals surface area contributed by atoms with Crippen molar-refractivity contribution in [2.45, 2.75) is 13.8 Å². The van der Waals surface area contributed by atoms with Crippen molar-refractivity contribution in [3.05, 3.63) is 53.6 Å². The molecule has 0 saturated carbocycles. The van der Waals surface area contributed by atoms with Crippen LogP contribution in [0.1, 0.15) is 21.6 Å². The van der Waals surface area contributed by atoms with Crippen LogP contribution in [0.2, 0.25) is 0 Å². The Labute approximate surface area is 152 Å². The summed E-state index contributed by atoms with van der Waals surface area (Å²) in [5, 5.41) is 1.02. The Hall–Kier alpha value is -2.73. The molecule has 0 unspecified atom stereocenters. The molecule has 26 heavy (non-hydrogen) atoms. The second-order valence-corrected chi connectivity index (χ2v) is 6.92. The minimum absolute atomic E-state index is 0.186. The lowest BCUT2D eigenvalue weighted by molar-refractivity contribution is 0.0927. The lowest BCUT2D eigenvalue weighted by atomic mass is 10.0. The van der Waals surface area contributed by atoms with Crippen LogP contribution in [-0.4, -0.2) is 58.4 Å². The van der Waals surface area contributed by atoms with Gasteiger partial charge in [-0.2, -0.15) is 0 Å². The van der Waals surface area contributed by atoms with E-state index < -0.39 is 0 Å². The van der Waals surface area contributed by atoms with Crippen LogP contribution in [0.5, 0.6) is 0 Å². The molecule has 0 radical (unpaired) electrons. The Balaban J connectivity index is 1.44. The highest BCUT2D eigenvalue weighted by atomic mass is 16.1. The molecule has 1 aliphatic rings. The van der Waals surface area contributed by atoms with Crippen LogP contribution in [0.3, 0.4) is 0 Å². The average Bonchev–Trinajstić information content (AvgIpc) is 2.98. The molecule has 6 nitrogen and oxygen atoms in total. The highest BCUT2D eigenvalue weighted by molar-refractivity contribution is 6.10. The number of fused-ring (bicyclic) bond motifs is 1. The van der Waals surface area contributed by atoms with E-state index in [1.54, 1.807) is 18.6 Å². The van der Waals surface area contributed by atoms with Crippen LogP contribution in [0.15, 0.2) is 36.8 Å². The van der Waals surface area contributed by atoms with Crippen LogP contribution >= 0.6 is 0 Å². The zero-order chi connectivity index (χ0) is 18.1. The molecule has 134 valence electrons. The van der Waals surface area contributed by atoms with Gasteiger partial charge in [0.15, 0.2) is 5.78 Å².